The number of nitrogens with one attached hydrogen (secondary N) is 1. The summed E-state index contributed by atoms with van der Waals surface area (Å²) in [4.78, 5) is 42.4. The molecule has 1 fully saturated rings. The fourth-order valence-corrected chi connectivity index (χ4v) is 5.62. The van der Waals surface area contributed by atoms with Gasteiger partial charge in [-0.15, -0.1) is 11.3 Å². The Morgan fingerprint density at radius 3 is 2.49 bits per heavy atom. The maximum Gasteiger partial charge on any atom is 0.284 e. The topological polar surface area (TPSA) is 133 Å². The van der Waals surface area contributed by atoms with Gasteiger partial charge < -0.3 is 20.7 Å². The molecule has 11 nitrogen and oxygen atoms in total. The van der Waals surface area contributed by atoms with E-state index in [9.17, 15) is 9.59 Å². The average Bonchev–Trinajstić information content (AvgIpc) is 3.57. The van der Waals surface area contributed by atoms with E-state index in [4.69, 9.17) is 20.4 Å². The van der Waals surface area contributed by atoms with Gasteiger partial charge >= 0.3 is 0 Å². The van der Waals surface area contributed by atoms with E-state index in [-0.39, 0.29) is 16.9 Å². The highest BCUT2D eigenvalue weighted by Crippen LogP contribution is 2.30. The van der Waals surface area contributed by atoms with Crippen LogP contribution in [0.4, 0.5) is 16.6 Å². The molecule has 3 N–H and O–H groups in total. The van der Waals surface area contributed by atoms with Crippen molar-refractivity contribution in [1.29, 1.82) is 0 Å². The molecule has 3 aromatic heterocycles. The van der Waals surface area contributed by atoms with E-state index in [2.05, 4.69) is 15.2 Å². The number of rotatable bonds is 6. The average molecular weight is 569 g/mol. The molecule has 1 amide bonds. The summed E-state index contributed by atoms with van der Waals surface area (Å²) in [5.41, 5.74) is 10.3. The molecule has 208 valence electrons. The summed E-state index contributed by atoms with van der Waals surface area (Å²) in [5.74, 6) is -0.193. The maximum absolute atomic E-state index is 13.2. The molecule has 12 heteroatoms. The summed E-state index contributed by atoms with van der Waals surface area (Å²) >= 11 is 1.56. The van der Waals surface area contributed by atoms with Crippen LogP contribution in [-0.2, 0) is 11.8 Å². The van der Waals surface area contributed by atoms with Crippen molar-refractivity contribution in [2.24, 2.45) is 7.05 Å². The molecule has 0 atom stereocenters. The van der Waals surface area contributed by atoms with Crippen molar-refractivity contribution in [2.45, 2.75) is 6.92 Å². The first-order valence-corrected chi connectivity index (χ1v) is 14.0. The van der Waals surface area contributed by atoms with Crippen LogP contribution in [0.15, 0.2) is 71.0 Å². The summed E-state index contributed by atoms with van der Waals surface area (Å²) in [6.07, 6.45) is 1.62. The van der Waals surface area contributed by atoms with Gasteiger partial charge in [0.25, 0.3) is 11.5 Å². The molecule has 2 aromatic carbocycles. The zero-order valence-corrected chi connectivity index (χ0v) is 23.4. The Bertz CT molecular complexity index is 1770. The van der Waals surface area contributed by atoms with Crippen LogP contribution in [0, 0.1) is 6.92 Å². The number of nitrogens with two attached hydrogens (primary N) is 1. The lowest BCUT2D eigenvalue weighted by molar-refractivity contribution is 0.102. The Morgan fingerprint density at radius 2 is 1.76 bits per heavy atom. The van der Waals surface area contributed by atoms with Gasteiger partial charge in [0.15, 0.2) is 5.13 Å². The second kappa shape index (κ2) is 11.0. The number of amides is 1. The number of para-hydroxylation sites is 1. The van der Waals surface area contributed by atoms with Crippen molar-refractivity contribution in [3.63, 3.8) is 0 Å². The molecule has 0 aliphatic carbocycles. The number of morpholine rings is 1. The Hall–Kier alpha value is -4.81. The number of nitrogen functional groups attached to an aromatic ring is 1. The zero-order chi connectivity index (χ0) is 28.5. The quantitative estimate of drug-likeness (QED) is 0.317. The first-order chi connectivity index (χ1) is 19.9. The first-order valence-electron chi connectivity index (χ1n) is 13.1. The molecule has 0 saturated carbocycles. The molecule has 5 aromatic rings. The number of hydrogen-bond acceptors (Lipinski definition) is 9. The second-order valence-corrected chi connectivity index (χ2v) is 10.4. The summed E-state index contributed by atoms with van der Waals surface area (Å²) in [7, 11) is 1.75. The van der Waals surface area contributed by atoms with Crippen LogP contribution < -0.4 is 21.5 Å². The SMILES string of the molecule is Cc1c(C(=O)Nc2ccc(-c3nc(-c4csc(N5CCOCC5)n4)cnc3N)cc2)c(=O)n(-c2ccccc2)n1C. The Balaban J connectivity index is 1.22. The zero-order valence-electron chi connectivity index (χ0n) is 22.6. The highest BCUT2D eigenvalue weighted by Gasteiger charge is 2.22. The number of ether oxygens (including phenoxy) is 1. The lowest BCUT2D eigenvalue weighted by Gasteiger charge is -2.25. The second-order valence-electron chi connectivity index (χ2n) is 9.57. The largest absolute Gasteiger partial charge is 0.382 e. The minimum atomic E-state index is -0.480. The van der Waals surface area contributed by atoms with E-state index in [1.54, 1.807) is 60.5 Å². The molecule has 0 unspecified atom stereocenters. The van der Waals surface area contributed by atoms with Gasteiger partial charge in [-0.05, 0) is 31.2 Å². The third-order valence-corrected chi connectivity index (χ3v) is 7.94. The van der Waals surface area contributed by atoms with Gasteiger partial charge in [-0.3, -0.25) is 14.3 Å². The van der Waals surface area contributed by atoms with Crippen LogP contribution in [0.5, 0.6) is 0 Å². The fraction of sp³-hybridized carbons (Fsp3) is 0.207. The van der Waals surface area contributed by atoms with E-state index >= 15 is 0 Å². The molecule has 1 saturated heterocycles. The van der Waals surface area contributed by atoms with Crippen molar-refractivity contribution in [1.82, 2.24) is 24.3 Å². The standard InChI is InChI=1S/C29H28N8O3S/c1-18-24(28(39)37(35(18)2)21-6-4-3-5-7-21)27(38)32-20-10-8-19(9-11-20)25-26(30)31-16-22(33-25)23-17-41-29(34-23)36-12-14-40-15-13-36/h3-11,16-17H,12-15H2,1-2H3,(H2,30,31)(H,32,38). The molecule has 41 heavy (non-hydrogen) atoms. The van der Waals surface area contributed by atoms with Crippen LogP contribution in [0.3, 0.4) is 0 Å². The third kappa shape index (κ3) is 5.10. The number of anilines is 3. The summed E-state index contributed by atoms with van der Waals surface area (Å²) in [6, 6.07) is 16.3. The number of nitrogens with zero attached hydrogens (tertiary/aromatic N) is 6. The van der Waals surface area contributed by atoms with E-state index in [0.29, 0.717) is 41.7 Å². The monoisotopic (exact) mass is 568 g/mol. The fourth-order valence-electron chi connectivity index (χ4n) is 4.75. The molecule has 4 heterocycles. The number of benzene rings is 2. The van der Waals surface area contributed by atoms with Crippen LogP contribution in [0.25, 0.3) is 28.3 Å². The minimum absolute atomic E-state index is 0.0861. The van der Waals surface area contributed by atoms with E-state index in [0.717, 1.165) is 29.5 Å². The van der Waals surface area contributed by atoms with Crippen LogP contribution in [0.1, 0.15) is 16.1 Å². The van der Waals surface area contributed by atoms with Gasteiger partial charge in [0.2, 0.25) is 0 Å². The minimum Gasteiger partial charge on any atom is -0.382 e. The molecule has 1 aliphatic heterocycles. The maximum atomic E-state index is 13.2. The first kappa shape index (κ1) is 26.4. The molecular formula is C29H28N8O3S. The molecular weight excluding hydrogens is 540 g/mol. The van der Waals surface area contributed by atoms with E-state index < -0.39 is 5.91 Å². The van der Waals surface area contributed by atoms with Gasteiger partial charge in [-0.1, -0.05) is 30.3 Å². The number of carbonyl (C=O) groups is 1. The highest BCUT2D eigenvalue weighted by atomic mass is 32.1. The van der Waals surface area contributed by atoms with Gasteiger partial charge in [0, 0.05) is 36.8 Å². The van der Waals surface area contributed by atoms with Crippen LogP contribution in [-0.4, -0.2) is 56.5 Å². The number of thiazole rings is 1. The third-order valence-electron chi connectivity index (χ3n) is 7.03. The van der Waals surface area contributed by atoms with Crippen molar-refractivity contribution >= 4 is 33.9 Å². The Morgan fingerprint density at radius 1 is 1.02 bits per heavy atom. The van der Waals surface area contributed by atoms with E-state index in [1.807, 2.05) is 35.7 Å². The Kier molecular flexibility index (Phi) is 7.08. The van der Waals surface area contributed by atoms with Crippen molar-refractivity contribution in [3.8, 4) is 28.3 Å². The predicted molar refractivity (Wildman–Crippen MR) is 160 cm³/mol. The number of carbonyl (C=O) groups excluding carboxylic acids is 1. The summed E-state index contributed by atoms with van der Waals surface area (Å²) in [6.45, 7) is 4.74. The smallest absolute Gasteiger partial charge is 0.284 e. The summed E-state index contributed by atoms with van der Waals surface area (Å²) < 4.78 is 8.59. The summed E-state index contributed by atoms with van der Waals surface area (Å²) in [5, 5.41) is 5.73. The Labute approximate surface area is 239 Å². The van der Waals surface area contributed by atoms with Crippen LogP contribution in [0.2, 0.25) is 0 Å². The molecule has 0 spiro atoms. The van der Waals surface area contributed by atoms with Crippen molar-refractivity contribution in [3.05, 3.63) is 87.8 Å². The highest BCUT2D eigenvalue weighted by molar-refractivity contribution is 7.14. The van der Waals surface area contributed by atoms with Crippen molar-refractivity contribution in [2.75, 3.05) is 42.3 Å². The lowest BCUT2D eigenvalue weighted by Crippen LogP contribution is -2.36. The van der Waals surface area contributed by atoms with Crippen LogP contribution >= 0.6 is 11.3 Å². The van der Waals surface area contributed by atoms with Gasteiger partial charge in [-0.2, -0.15) is 0 Å². The molecule has 0 bridgehead atoms. The molecule has 1 aliphatic rings. The number of aromatic nitrogens is 5. The number of hydrogen-bond donors (Lipinski definition) is 2. The predicted octanol–water partition coefficient (Wildman–Crippen LogP) is 3.74. The van der Waals surface area contributed by atoms with Gasteiger partial charge in [-0.25, -0.2) is 19.6 Å². The molecule has 6 rings (SSSR count). The van der Waals surface area contributed by atoms with Crippen molar-refractivity contribution < 1.29 is 9.53 Å². The van der Waals surface area contributed by atoms with Gasteiger partial charge in [0.1, 0.15) is 28.5 Å². The molecule has 0 radical (unpaired) electrons. The van der Waals surface area contributed by atoms with E-state index in [1.165, 1.54) is 4.68 Å². The lowest BCUT2D eigenvalue weighted by atomic mass is 10.1. The normalized spacial score (nSPS) is 13.4. The van der Waals surface area contributed by atoms with Gasteiger partial charge in [0.05, 0.1) is 30.8 Å².